The van der Waals surface area contributed by atoms with Gasteiger partial charge in [0, 0.05) is 12.6 Å². The fourth-order valence-electron chi connectivity index (χ4n) is 5.17. The van der Waals surface area contributed by atoms with Crippen LogP contribution < -0.4 is 5.32 Å². The lowest BCUT2D eigenvalue weighted by Crippen LogP contribution is -2.54. The number of alkyl halides is 6. The van der Waals surface area contributed by atoms with E-state index in [0.717, 1.165) is 31.5 Å². The molecule has 4 rings (SSSR count). The number of carbonyl (C=O) groups is 1. The van der Waals surface area contributed by atoms with Crippen molar-refractivity contribution in [2.45, 2.75) is 69.1 Å². The van der Waals surface area contributed by atoms with Crippen molar-refractivity contribution in [3.63, 3.8) is 0 Å². The fourth-order valence-corrected chi connectivity index (χ4v) is 5.17. The van der Waals surface area contributed by atoms with Crippen molar-refractivity contribution in [2.24, 2.45) is 0 Å². The third-order valence-corrected chi connectivity index (χ3v) is 7.52. The summed E-state index contributed by atoms with van der Waals surface area (Å²) in [6, 6.07) is 7.91. The zero-order chi connectivity index (χ0) is 27.7. The number of likely N-dealkylation sites (tertiary alicyclic amines) is 1. The number of ether oxygens (including phenoxy) is 1. The predicted molar refractivity (Wildman–Crippen MR) is 126 cm³/mol. The van der Waals surface area contributed by atoms with Crippen LogP contribution in [-0.2, 0) is 28.4 Å². The number of amides is 1. The third-order valence-electron chi connectivity index (χ3n) is 7.52. The third kappa shape index (κ3) is 6.66. The van der Waals surface area contributed by atoms with Crippen molar-refractivity contribution in [2.75, 3.05) is 19.7 Å². The molecular weight excluding hydrogens is 517 g/mol. The van der Waals surface area contributed by atoms with Crippen LogP contribution in [0.3, 0.4) is 0 Å². The summed E-state index contributed by atoms with van der Waals surface area (Å²) in [5.41, 5.74) is -3.29. The molecule has 0 saturated carbocycles. The second kappa shape index (κ2) is 10.8. The highest BCUT2D eigenvalue weighted by Gasteiger charge is 2.41. The van der Waals surface area contributed by atoms with Gasteiger partial charge in [-0.25, -0.2) is 4.39 Å². The molecule has 0 bridgehead atoms. The van der Waals surface area contributed by atoms with Crippen LogP contribution in [0.2, 0.25) is 0 Å². The summed E-state index contributed by atoms with van der Waals surface area (Å²) in [6.45, 7) is 3.02. The van der Waals surface area contributed by atoms with Gasteiger partial charge >= 0.3 is 12.4 Å². The van der Waals surface area contributed by atoms with Crippen LogP contribution in [0.5, 0.6) is 0 Å². The summed E-state index contributed by atoms with van der Waals surface area (Å²) in [5.74, 6) is -0.503. The van der Waals surface area contributed by atoms with Gasteiger partial charge in [0.05, 0.1) is 17.7 Å². The normalized spacial score (nSPS) is 23.8. The van der Waals surface area contributed by atoms with E-state index in [0.29, 0.717) is 30.9 Å². The van der Waals surface area contributed by atoms with Gasteiger partial charge < -0.3 is 10.1 Å². The van der Waals surface area contributed by atoms with Crippen molar-refractivity contribution in [1.29, 1.82) is 0 Å². The quantitative estimate of drug-likeness (QED) is 0.448. The monoisotopic (exact) mass is 546 g/mol. The molecule has 0 spiro atoms. The molecule has 0 aromatic heterocycles. The smallest absolute Gasteiger partial charge is 0.364 e. The molecule has 2 aromatic carbocycles. The summed E-state index contributed by atoms with van der Waals surface area (Å²) >= 11 is 0. The Balaban J connectivity index is 1.31. The van der Waals surface area contributed by atoms with Gasteiger partial charge in [-0.15, -0.1) is 0 Å². The van der Waals surface area contributed by atoms with E-state index in [-0.39, 0.29) is 30.1 Å². The Hall–Kier alpha value is -2.66. The number of rotatable bonds is 5. The molecule has 38 heavy (non-hydrogen) atoms. The first-order chi connectivity index (χ1) is 17.7. The lowest BCUT2D eigenvalue weighted by Gasteiger charge is -2.43. The molecule has 0 aliphatic carbocycles. The first-order valence-corrected chi connectivity index (χ1v) is 12.4. The molecule has 0 radical (unpaired) electrons. The minimum Gasteiger partial charge on any atom is -0.364 e. The fraction of sp³-hybridized carbons (Fsp3) is 0.519. The molecule has 1 N–H and O–H groups in total. The highest BCUT2D eigenvalue weighted by atomic mass is 19.4. The highest BCUT2D eigenvalue weighted by molar-refractivity contribution is 5.84. The van der Waals surface area contributed by atoms with Gasteiger partial charge in [0.15, 0.2) is 0 Å². The lowest BCUT2D eigenvalue weighted by molar-refractivity contribution is -0.157. The Morgan fingerprint density at radius 2 is 1.55 bits per heavy atom. The number of piperidine rings is 1. The number of benzene rings is 2. The summed E-state index contributed by atoms with van der Waals surface area (Å²) < 4.78 is 97.7. The molecule has 4 nitrogen and oxygen atoms in total. The van der Waals surface area contributed by atoms with Crippen molar-refractivity contribution >= 4 is 5.91 Å². The van der Waals surface area contributed by atoms with Gasteiger partial charge in [0.25, 0.3) is 5.91 Å². The van der Waals surface area contributed by atoms with Crippen molar-refractivity contribution in [3.05, 3.63) is 70.5 Å². The lowest BCUT2D eigenvalue weighted by atomic mass is 9.87. The average Bonchev–Trinajstić information content (AvgIpc) is 2.87. The summed E-state index contributed by atoms with van der Waals surface area (Å²) in [6.07, 6.45) is -7.07. The van der Waals surface area contributed by atoms with E-state index in [1.165, 1.54) is 12.1 Å². The minimum absolute atomic E-state index is 0.0550. The van der Waals surface area contributed by atoms with E-state index in [4.69, 9.17) is 4.74 Å². The minimum atomic E-state index is -4.96. The largest absolute Gasteiger partial charge is 0.416 e. The van der Waals surface area contributed by atoms with E-state index >= 15 is 0 Å². The summed E-state index contributed by atoms with van der Waals surface area (Å²) in [5, 5.41) is 2.45. The molecular formula is C27H29F7N2O2. The predicted octanol–water partition coefficient (Wildman–Crippen LogP) is 6.30. The average molecular weight is 547 g/mol. The van der Waals surface area contributed by atoms with Crippen LogP contribution in [0.1, 0.15) is 60.8 Å². The Morgan fingerprint density at radius 1 is 0.974 bits per heavy atom. The maximum atomic E-state index is 13.2. The maximum Gasteiger partial charge on any atom is 0.416 e. The number of hydrogen-bond donors (Lipinski definition) is 1. The van der Waals surface area contributed by atoms with Crippen molar-refractivity contribution < 1.29 is 40.3 Å². The highest BCUT2D eigenvalue weighted by Crippen LogP contribution is 2.37. The van der Waals surface area contributed by atoms with Gasteiger partial charge in [-0.2, -0.15) is 26.3 Å². The van der Waals surface area contributed by atoms with Crippen LogP contribution in [0, 0.1) is 5.82 Å². The molecule has 2 aliphatic heterocycles. The van der Waals surface area contributed by atoms with E-state index < -0.39 is 41.5 Å². The SMILES string of the molecule is CC1(C(=O)NCc2cc(C(F)(F)F)cc(C(F)(F)F)c2)CCC(N2CCC(c3ccc(F)cc3)CC2)CO1. The summed E-state index contributed by atoms with van der Waals surface area (Å²) in [7, 11) is 0. The molecule has 208 valence electrons. The Bertz CT molecular complexity index is 1080. The molecule has 2 fully saturated rings. The molecule has 2 heterocycles. The molecule has 2 aliphatic rings. The Kier molecular flexibility index (Phi) is 8.09. The Morgan fingerprint density at radius 3 is 2.05 bits per heavy atom. The van der Waals surface area contributed by atoms with E-state index in [2.05, 4.69) is 10.2 Å². The van der Waals surface area contributed by atoms with Crippen LogP contribution in [0.25, 0.3) is 0 Å². The van der Waals surface area contributed by atoms with Gasteiger partial charge in [0.1, 0.15) is 11.4 Å². The van der Waals surface area contributed by atoms with Crippen LogP contribution >= 0.6 is 0 Å². The maximum absolute atomic E-state index is 13.2. The van der Waals surface area contributed by atoms with Crippen LogP contribution in [-0.4, -0.2) is 42.1 Å². The van der Waals surface area contributed by atoms with Crippen molar-refractivity contribution in [1.82, 2.24) is 10.2 Å². The molecule has 1 amide bonds. The Labute approximate surface area is 216 Å². The van der Waals surface area contributed by atoms with E-state index in [1.807, 2.05) is 12.1 Å². The number of hydrogen-bond acceptors (Lipinski definition) is 3. The zero-order valence-corrected chi connectivity index (χ0v) is 20.8. The zero-order valence-electron chi connectivity index (χ0n) is 20.8. The van der Waals surface area contributed by atoms with Crippen LogP contribution in [0.4, 0.5) is 30.7 Å². The number of nitrogens with one attached hydrogen (secondary N) is 1. The number of halogens is 7. The summed E-state index contributed by atoms with van der Waals surface area (Å²) in [4.78, 5) is 15.1. The standard InChI is InChI=1S/C27H29F7N2O2/c1-25(24(37)35-15-17-12-20(26(29,30)31)14-21(13-17)27(32,33)34)9-6-23(16-38-25)36-10-7-19(8-11-36)18-2-4-22(28)5-3-18/h2-5,12-14,19,23H,6-11,15-16H2,1H3,(H,35,37). The van der Waals surface area contributed by atoms with E-state index in [9.17, 15) is 35.5 Å². The molecule has 2 aromatic rings. The number of carbonyl (C=O) groups excluding carboxylic acids is 1. The van der Waals surface area contributed by atoms with Gasteiger partial charge in [-0.05, 0) is 93.1 Å². The van der Waals surface area contributed by atoms with Gasteiger partial charge in [-0.1, -0.05) is 12.1 Å². The van der Waals surface area contributed by atoms with Gasteiger partial charge in [-0.3, -0.25) is 9.69 Å². The van der Waals surface area contributed by atoms with E-state index in [1.54, 1.807) is 6.92 Å². The van der Waals surface area contributed by atoms with Gasteiger partial charge in [0.2, 0.25) is 0 Å². The molecule has 11 heteroatoms. The number of nitrogens with zero attached hydrogens (tertiary/aromatic N) is 1. The molecule has 2 unspecified atom stereocenters. The first kappa shape index (κ1) is 28.4. The first-order valence-electron chi connectivity index (χ1n) is 12.4. The van der Waals surface area contributed by atoms with Crippen LogP contribution in [0.15, 0.2) is 42.5 Å². The molecule has 2 atom stereocenters. The van der Waals surface area contributed by atoms with Crippen molar-refractivity contribution in [3.8, 4) is 0 Å². The molecule has 2 saturated heterocycles. The second-order valence-electron chi connectivity index (χ2n) is 10.2. The second-order valence-corrected chi connectivity index (χ2v) is 10.2. The topological polar surface area (TPSA) is 41.6 Å².